The van der Waals surface area contributed by atoms with Crippen molar-refractivity contribution in [2.45, 2.75) is 6.42 Å². The molecule has 0 spiro atoms. The summed E-state index contributed by atoms with van der Waals surface area (Å²) >= 11 is 0. The lowest BCUT2D eigenvalue weighted by Gasteiger charge is -2.07. The Balaban J connectivity index is 3.04. The summed E-state index contributed by atoms with van der Waals surface area (Å²) in [6.07, 6.45) is 0.450. The first-order valence-corrected chi connectivity index (χ1v) is 4.31. The molecule has 0 bridgehead atoms. The molecule has 4 nitrogen and oxygen atoms in total. The van der Waals surface area contributed by atoms with Crippen LogP contribution >= 0.6 is 0 Å². The number of methoxy groups -OCH3 is 1. The van der Waals surface area contributed by atoms with E-state index in [0.29, 0.717) is 12.0 Å². The van der Waals surface area contributed by atoms with Gasteiger partial charge in [-0.25, -0.2) is 10.3 Å². The van der Waals surface area contributed by atoms with Crippen LogP contribution in [-0.4, -0.2) is 13.7 Å². The van der Waals surface area contributed by atoms with E-state index < -0.39 is 5.82 Å². The molecule has 0 aliphatic carbocycles. The third-order valence-electron chi connectivity index (χ3n) is 1.94. The summed E-state index contributed by atoms with van der Waals surface area (Å²) < 4.78 is 18.2. The zero-order valence-corrected chi connectivity index (χ0v) is 8.29. The molecule has 2 N–H and O–H groups in total. The summed E-state index contributed by atoms with van der Waals surface area (Å²) in [5.74, 6) is 4.27. The lowest BCUT2D eigenvalue weighted by Crippen LogP contribution is -2.04. The maximum atomic E-state index is 13.4. The monoisotopic (exact) mass is 210 g/mol. The highest BCUT2D eigenvalue weighted by Crippen LogP contribution is 2.23. The Labute approximate surface area is 87.0 Å². The lowest BCUT2D eigenvalue weighted by atomic mass is 10.1. The molecule has 0 fully saturated rings. The molecular formula is C10H11FN2O2. The van der Waals surface area contributed by atoms with Gasteiger partial charge in [0.2, 0.25) is 0 Å². The number of halogens is 1. The topological polar surface area (TPSA) is 68.3 Å². The van der Waals surface area contributed by atoms with Crippen LogP contribution in [0.3, 0.4) is 0 Å². The van der Waals surface area contributed by atoms with E-state index in [4.69, 9.17) is 15.9 Å². The number of nitrogens with two attached hydrogens (primary N) is 1. The maximum Gasteiger partial charge on any atom is 0.172 e. The van der Waals surface area contributed by atoms with Crippen LogP contribution in [0.2, 0.25) is 0 Å². The van der Waals surface area contributed by atoms with Gasteiger partial charge in [-0.05, 0) is 24.1 Å². The number of ether oxygens (including phenoxy) is 1. The van der Waals surface area contributed by atoms with Crippen molar-refractivity contribution in [1.29, 1.82) is 5.26 Å². The van der Waals surface area contributed by atoms with E-state index in [1.165, 1.54) is 13.2 Å². The average molecular weight is 210 g/mol. The molecular weight excluding hydrogens is 199 g/mol. The molecule has 1 aromatic rings. The Bertz CT molecular complexity index is 388. The van der Waals surface area contributed by atoms with Crippen molar-refractivity contribution in [3.05, 3.63) is 29.1 Å². The highest BCUT2D eigenvalue weighted by atomic mass is 19.1. The van der Waals surface area contributed by atoms with E-state index in [2.05, 4.69) is 4.84 Å². The van der Waals surface area contributed by atoms with Gasteiger partial charge in [0, 0.05) is 0 Å². The fourth-order valence-corrected chi connectivity index (χ4v) is 1.26. The molecule has 0 aromatic heterocycles. The fourth-order valence-electron chi connectivity index (χ4n) is 1.26. The van der Waals surface area contributed by atoms with Gasteiger partial charge < -0.3 is 9.57 Å². The molecule has 0 radical (unpaired) electrons. The van der Waals surface area contributed by atoms with Gasteiger partial charge >= 0.3 is 0 Å². The van der Waals surface area contributed by atoms with Gasteiger partial charge in [-0.1, -0.05) is 0 Å². The van der Waals surface area contributed by atoms with E-state index >= 15 is 0 Å². The van der Waals surface area contributed by atoms with Crippen LogP contribution in [0.25, 0.3) is 0 Å². The molecule has 15 heavy (non-hydrogen) atoms. The van der Waals surface area contributed by atoms with Crippen molar-refractivity contribution >= 4 is 0 Å². The summed E-state index contributed by atoms with van der Waals surface area (Å²) in [4.78, 5) is 4.38. The molecule has 0 saturated heterocycles. The van der Waals surface area contributed by atoms with Crippen molar-refractivity contribution in [1.82, 2.24) is 0 Å². The summed E-state index contributed by atoms with van der Waals surface area (Å²) in [6.45, 7) is 0.274. The second-order valence-corrected chi connectivity index (χ2v) is 2.89. The number of benzene rings is 1. The fraction of sp³-hybridized carbons (Fsp3) is 0.300. The standard InChI is InChI=1S/C10H11FN2O2/c1-14-10-8(6-12)4-7(2-3-15-13)5-9(10)11/h4-5H,2-3,13H2,1H3. The van der Waals surface area contributed by atoms with Gasteiger partial charge in [0.25, 0.3) is 0 Å². The Kier molecular flexibility index (Phi) is 4.03. The third-order valence-corrected chi connectivity index (χ3v) is 1.94. The number of nitrogens with zero attached hydrogens (tertiary/aromatic N) is 1. The van der Waals surface area contributed by atoms with Gasteiger partial charge in [0.15, 0.2) is 11.6 Å². The molecule has 5 heteroatoms. The number of rotatable bonds is 4. The number of hydrogen-bond donors (Lipinski definition) is 1. The van der Waals surface area contributed by atoms with E-state index in [-0.39, 0.29) is 17.9 Å². The van der Waals surface area contributed by atoms with Crippen molar-refractivity contribution in [2.75, 3.05) is 13.7 Å². The van der Waals surface area contributed by atoms with Crippen LogP contribution in [0, 0.1) is 17.1 Å². The van der Waals surface area contributed by atoms with Gasteiger partial charge in [-0.15, -0.1) is 0 Å². The van der Waals surface area contributed by atoms with Gasteiger partial charge in [-0.2, -0.15) is 5.26 Å². The van der Waals surface area contributed by atoms with Crippen molar-refractivity contribution in [3.8, 4) is 11.8 Å². The van der Waals surface area contributed by atoms with Crippen LogP contribution < -0.4 is 10.6 Å². The normalized spacial score (nSPS) is 9.73. The van der Waals surface area contributed by atoms with Crippen LogP contribution in [-0.2, 0) is 11.3 Å². The van der Waals surface area contributed by atoms with Crippen molar-refractivity contribution in [3.63, 3.8) is 0 Å². The first kappa shape index (κ1) is 11.4. The van der Waals surface area contributed by atoms with Crippen LogP contribution in [0.5, 0.6) is 5.75 Å². The average Bonchev–Trinajstić information content (AvgIpc) is 2.25. The Morgan fingerprint density at radius 1 is 1.53 bits per heavy atom. The molecule has 80 valence electrons. The molecule has 0 heterocycles. The minimum Gasteiger partial charge on any atom is -0.492 e. The predicted octanol–water partition coefficient (Wildman–Crippen LogP) is 1.14. The van der Waals surface area contributed by atoms with Gasteiger partial charge in [-0.3, -0.25) is 0 Å². The van der Waals surface area contributed by atoms with E-state index in [9.17, 15) is 4.39 Å². The van der Waals surface area contributed by atoms with Crippen LogP contribution in [0.15, 0.2) is 12.1 Å². The van der Waals surface area contributed by atoms with Crippen molar-refractivity contribution < 1.29 is 14.0 Å². The second-order valence-electron chi connectivity index (χ2n) is 2.89. The maximum absolute atomic E-state index is 13.4. The van der Waals surface area contributed by atoms with E-state index in [1.54, 1.807) is 6.07 Å². The molecule has 0 aliphatic rings. The highest BCUT2D eigenvalue weighted by molar-refractivity contribution is 5.46. The molecule has 0 saturated carbocycles. The van der Waals surface area contributed by atoms with Crippen LogP contribution in [0.1, 0.15) is 11.1 Å². The van der Waals surface area contributed by atoms with E-state index in [1.807, 2.05) is 6.07 Å². The molecule has 0 atom stereocenters. The minimum absolute atomic E-state index is 0.0325. The smallest absolute Gasteiger partial charge is 0.172 e. The van der Waals surface area contributed by atoms with E-state index in [0.717, 1.165) is 0 Å². The quantitative estimate of drug-likeness (QED) is 0.756. The summed E-state index contributed by atoms with van der Waals surface area (Å²) in [5, 5.41) is 8.77. The largest absolute Gasteiger partial charge is 0.492 e. The molecule has 1 aromatic carbocycles. The lowest BCUT2D eigenvalue weighted by molar-refractivity contribution is 0.141. The van der Waals surface area contributed by atoms with Crippen LogP contribution in [0.4, 0.5) is 4.39 Å². The molecule has 0 unspecified atom stereocenters. The summed E-state index contributed by atoms with van der Waals surface area (Å²) in [6, 6.07) is 4.73. The minimum atomic E-state index is -0.552. The Morgan fingerprint density at radius 2 is 2.27 bits per heavy atom. The number of hydrogen-bond acceptors (Lipinski definition) is 4. The zero-order chi connectivity index (χ0) is 11.3. The van der Waals surface area contributed by atoms with Crippen molar-refractivity contribution in [2.24, 2.45) is 5.90 Å². The first-order valence-electron chi connectivity index (χ1n) is 4.31. The van der Waals surface area contributed by atoms with Gasteiger partial charge in [0.05, 0.1) is 19.3 Å². The molecule has 1 rings (SSSR count). The number of nitriles is 1. The predicted molar refractivity (Wildman–Crippen MR) is 51.5 cm³/mol. The second kappa shape index (κ2) is 5.29. The van der Waals surface area contributed by atoms with Gasteiger partial charge in [0.1, 0.15) is 6.07 Å². The Hall–Kier alpha value is -1.64. The Morgan fingerprint density at radius 3 is 2.80 bits per heavy atom. The zero-order valence-electron chi connectivity index (χ0n) is 8.29. The summed E-state index contributed by atoms with van der Waals surface area (Å²) in [5.41, 5.74) is 0.819. The molecule has 0 aliphatic heterocycles. The highest BCUT2D eigenvalue weighted by Gasteiger charge is 2.10. The SMILES string of the molecule is COc1c(F)cc(CCON)cc1C#N. The molecule has 0 amide bonds. The third kappa shape index (κ3) is 2.65. The summed E-state index contributed by atoms with van der Waals surface area (Å²) in [7, 11) is 1.32. The first-order chi connectivity index (χ1) is 7.22.